The molecule has 1 heterocycles. The van der Waals surface area contributed by atoms with Crippen molar-refractivity contribution < 1.29 is 4.79 Å². The highest BCUT2D eigenvalue weighted by molar-refractivity contribution is 6.09. The number of aryl methyl sites for hydroxylation is 1. The lowest BCUT2D eigenvalue weighted by Crippen LogP contribution is -2.45. The molecule has 0 atom stereocenters. The van der Waals surface area contributed by atoms with Gasteiger partial charge in [0, 0.05) is 23.5 Å². The van der Waals surface area contributed by atoms with Crippen LogP contribution in [0.15, 0.2) is 54.1 Å². The van der Waals surface area contributed by atoms with Crippen LogP contribution < -0.4 is 10.2 Å². The molecule has 0 spiro atoms. The largest absolute Gasteiger partial charge is 0.362 e. The van der Waals surface area contributed by atoms with Crippen molar-refractivity contribution in [3.05, 3.63) is 70.8 Å². The maximum atomic E-state index is 12.6. The highest BCUT2D eigenvalue weighted by Crippen LogP contribution is 2.40. The lowest BCUT2D eigenvalue weighted by atomic mass is 9.86. The zero-order valence-electron chi connectivity index (χ0n) is 18.4. The number of anilines is 2. The number of para-hydroxylation sites is 1. The van der Waals surface area contributed by atoms with Crippen molar-refractivity contribution >= 4 is 28.9 Å². The number of carbonyl (C=O) groups excluding carboxylic acids is 1. The van der Waals surface area contributed by atoms with Crippen molar-refractivity contribution in [1.82, 2.24) is 0 Å². The van der Waals surface area contributed by atoms with E-state index in [4.69, 9.17) is 0 Å². The SMILES string of the molecule is CCCN1c2cc(C)c(/C=C(\C#N)C(=O)Nc3ccccc3)cc2C(C)=CC1(C)C. The summed E-state index contributed by atoms with van der Waals surface area (Å²) in [6.07, 6.45) is 5.04. The molecule has 4 nitrogen and oxygen atoms in total. The number of carbonyl (C=O) groups is 1. The summed E-state index contributed by atoms with van der Waals surface area (Å²) in [5.74, 6) is -0.401. The minimum absolute atomic E-state index is 0.0513. The second-order valence-corrected chi connectivity index (χ2v) is 8.35. The van der Waals surface area contributed by atoms with E-state index in [1.807, 2.05) is 25.1 Å². The van der Waals surface area contributed by atoms with Crippen LogP contribution >= 0.6 is 0 Å². The Bertz CT molecular complexity index is 1060. The van der Waals surface area contributed by atoms with Crippen LogP contribution in [-0.4, -0.2) is 18.0 Å². The van der Waals surface area contributed by atoms with Gasteiger partial charge < -0.3 is 10.2 Å². The fourth-order valence-electron chi connectivity index (χ4n) is 4.06. The average Bonchev–Trinajstić information content (AvgIpc) is 2.70. The Balaban J connectivity index is 2.00. The quantitative estimate of drug-likeness (QED) is 0.499. The maximum Gasteiger partial charge on any atom is 0.266 e. The minimum Gasteiger partial charge on any atom is -0.362 e. The van der Waals surface area contributed by atoms with Gasteiger partial charge in [0.2, 0.25) is 0 Å². The number of fused-ring (bicyclic) bond motifs is 1. The topological polar surface area (TPSA) is 56.1 Å². The van der Waals surface area contributed by atoms with Gasteiger partial charge in [-0.15, -0.1) is 0 Å². The van der Waals surface area contributed by atoms with Crippen molar-refractivity contribution in [2.45, 2.75) is 46.6 Å². The van der Waals surface area contributed by atoms with Gasteiger partial charge in [-0.2, -0.15) is 5.26 Å². The summed E-state index contributed by atoms with van der Waals surface area (Å²) in [4.78, 5) is 15.0. The van der Waals surface area contributed by atoms with Gasteiger partial charge >= 0.3 is 0 Å². The summed E-state index contributed by atoms with van der Waals surface area (Å²) in [6, 6.07) is 15.5. The molecule has 0 saturated carbocycles. The molecule has 1 aliphatic rings. The number of nitrogens with zero attached hydrogens (tertiary/aromatic N) is 2. The summed E-state index contributed by atoms with van der Waals surface area (Å²) < 4.78 is 0. The molecule has 0 aliphatic carbocycles. The predicted molar refractivity (Wildman–Crippen MR) is 125 cm³/mol. The van der Waals surface area contributed by atoms with Crippen LogP contribution in [0.5, 0.6) is 0 Å². The van der Waals surface area contributed by atoms with Gasteiger partial charge in [0.1, 0.15) is 11.6 Å². The number of hydrogen-bond acceptors (Lipinski definition) is 3. The lowest BCUT2D eigenvalue weighted by molar-refractivity contribution is -0.112. The number of nitriles is 1. The fourth-order valence-corrected chi connectivity index (χ4v) is 4.06. The van der Waals surface area contributed by atoms with E-state index < -0.39 is 5.91 Å². The van der Waals surface area contributed by atoms with Gasteiger partial charge in [-0.05, 0) is 81.2 Å². The van der Waals surface area contributed by atoms with Crippen LogP contribution in [0.2, 0.25) is 0 Å². The van der Waals surface area contributed by atoms with Gasteiger partial charge in [0.05, 0.1) is 5.54 Å². The Kier molecular flexibility index (Phi) is 6.12. The van der Waals surface area contributed by atoms with Crippen LogP contribution in [0.3, 0.4) is 0 Å². The molecule has 4 heteroatoms. The van der Waals surface area contributed by atoms with Crippen LogP contribution in [0.1, 0.15) is 50.8 Å². The number of hydrogen-bond donors (Lipinski definition) is 1. The zero-order chi connectivity index (χ0) is 21.9. The summed E-state index contributed by atoms with van der Waals surface area (Å²) in [5, 5.41) is 12.4. The van der Waals surface area contributed by atoms with Crippen LogP contribution in [-0.2, 0) is 4.79 Å². The first-order valence-electron chi connectivity index (χ1n) is 10.4. The third-order valence-corrected chi connectivity index (χ3v) is 5.51. The number of amides is 1. The average molecular weight is 400 g/mol. The summed E-state index contributed by atoms with van der Waals surface area (Å²) in [7, 11) is 0. The van der Waals surface area contributed by atoms with Crippen molar-refractivity contribution in [1.29, 1.82) is 5.26 Å². The van der Waals surface area contributed by atoms with Gasteiger partial charge in [-0.1, -0.05) is 31.2 Å². The fraction of sp³-hybridized carbons (Fsp3) is 0.308. The molecule has 1 N–H and O–H groups in total. The molecule has 0 fully saturated rings. The number of nitrogens with one attached hydrogen (secondary N) is 1. The Morgan fingerprint density at radius 1 is 1.20 bits per heavy atom. The Morgan fingerprint density at radius 3 is 2.53 bits per heavy atom. The maximum absolute atomic E-state index is 12.6. The van der Waals surface area contributed by atoms with E-state index in [2.05, 4.69) is 62.2 Å². The molecule has 154 valence electrons. The molecule has 30 heavy (non-hydrogen) atoms. The Hall–Kier alpha value is -3.32. The summed E-state index contributed by atoms with van der Waals surface area (Å²) in [5.41, 5.74) is 6.21. The van der Waals surface area contributed by atoms with E-state index in [9.17, 15) is 10.1 Å². The van der Waals surface area contributed by atoms with Crippen molar-refractivity contribution in [3.63, 3.8) is 0 Å². The first-order valence-corrected chi connectivity index (χ1v) is 10.4. The van der Waals surface area contributed by atoms with E-state index in [0.717, 1.165) is 29.7 Å². The predicted octanol–water partition coefficient (Wildman–Crippen LogP) is 5.95. The normalized spacial score (nSPS) is 15.1. The molecule has 1 amide bonds. The molecule has 0 unspecified atom stereocenters. The molecule has 0 saturated heterocycles. The van der Waals surface area contributed by atoms with E-state index in [-0.39, 0.29) is 11.1 Å². The Labute approximate surface area is 179 Å². The minimum atomic E-state index is -0.401. The highest BCUT2D eigenvalue weighted by Gasteiger charge is 2.31. The first-order chi connectivity index (χ1) is 14.3. The second-order valence-electron chi connectivity index (χ2n) is 8.35. The third kappa shape index (κ3) is 4.31. The molecule has 0 bridgehead atoms. The van der Waals surface area contributed by atoms with Crippen LogP contribution in [0.25, 0.3) is 11.6 Å². The Morgan fingerprint density at radius 2 is 1.90 bits per heavy atom. The lowest BCUT2D eigenvalue weighted by Gasteiger charge is -2.43. The van der Waals surface area contributed by atoms with Crippen LogP contribution in [0.4, 0.5) is 11.4 Å². The molecule has 0 aromatic heterocycles. The molecule has 3 rings (SSSR count). The summed E-state index contributed by atoms with van der Waals surface area (Å²) in [6.45, 7) is 11.8. The number of rotatable bonds is 5. The monoisotopic (exact) mass is 399 g/mol. The van der Waals surface area contributed by atoms with Crippen molar-refractivity contribution in [3.8, 4) is 6.07 Å². The van der Waals surface area contributed by atoms with Gasteiger partial charge in [-0.25, -0.2) is 0 Å². The molecular weight excluding hydrogens is 370 g/mol. The summed E-state index contributed by atoms with van der Waals surface area (Å²) >= 11 is 0. The molecule has 2 aromatic carbocycles. The van der Waals surface area contributed by atoms with Crippen molar-refractivity contribution in [2.75, 3.05) is 16.8 Å². The van der Waals surface area contributed by atoms with E-state index >= 15 is 0 Å². The van der Waals surface area contributed by atoms with Crippen LogP contribution in [0, 0.1) is 18.3 Å². The molecular formula is C26H29N3O. The van der Waals surface area contributed by atoms with E-state index in [1.165, 1.54) is 11.3 Å². The van der Waals surface area contributed by atoms with Gasteiger partial charge in [0.15, 0.2) is 0 Å². The smallest absolute Gasteiger partial charge is 0.266 e. The van der Waals surface area contributed by atoms with E-state index in [0.29, 0.717) is 5.69 Å². The molecule has 2 aromatic rings. The first kappa shape index (κ1) is 21.4. The highest BCUT2D eigenvalue weighted by atomic mass is 16.1. The molecule has 1 aliphatic heterocycles. The van der Waals surface area contributed by atoms with Gasteiger partial charge in [-0.3, -0.25) is 4.79 Å². The van der Waals surface area contributed by atoms with Crippen molar-refractivity contribution in [2.24, 2.45) is 0 Å². The second kappa shape index (κ2) is 8.59. The van der Waals surface area contributed by atoms with E-state index in [1.54, 1.807) is 18.2 Å². The number of allylic oxidation sites excluding steroid dienone is 1. The molecule has 0 radical (unpaired) electrons. The standard InChI is InChI=1S/C26H29N3O/c1-6-12-29-24-13-18(2)20(15-23(24)19(3)16-26(29,4)5)14-21(17-27)25(30)28-22-10-8-7-9-11-22/h7-11,13-16H,6,12H2,1-5H3,(H,28,30)/b21-14+. The zero-order valence-corrected chi connectivity index (χ0v) is 18.4. The number of benzene rings is 2. The third-order valence-electron chi connectivity index (χ3n) is 5.51. The van der Waals surface area contributed by atoms with Gasteiger partial charge in [0.25, 0.3) is 5.91 Å².